The molecule has 5 nitrogen and oxygen atoms in total. The number of nitrogens with one attached hydrogen (secondary N) is 1. The lowest BCUT2D eigenvalue weighted by Crippen LogP contribution is -2.49. The third-order valence-electron chi connectivity index (χ3n) is 3.95. The molecular weight excluding hydrogens is 230 g/mol. The van der Waals surface area contributed by atoms with Crippen LogP contribution < -0.4 is 11.1 Å². The van der Waals surface area contributed by atoms with Gasteiger partial charge in [-0.2, -0.15) is 0 Å². The lowest BCUT2D eigenvalue weighted by molar-refractivity contribution is -0.123. The predicted octanol–water partition coefficient (Wildman–Crippen LogP) is 0.0932. The van der Waals surface area contributed by atoms with Crippen molar-refractivity contribution in [1.29, 1.82) is 0 Å². The zero-order valence-corrected chi connectivity index (χ0v) is 11.2. The molecule has 2 rings (SSSR count). The number of amides is 1. The highest BCUT2D eigenvalue weighted by atomic mass is 16.5. The Labute approximate surface area is 109 Å². The van der Waals surface area contributed by atoms with Gasteiger partial charge < -0.3 is 15.8 Å². The van der Waals surface area contributed by atoms with Crippen LogP contribution in [0.25, 0.3) is 0 Å². The van der Waals surface area contributed by atoms with Crippen LogP contribution in [0.1, 0.15) is 32.6 Å². The number of hydrogen-bond donors (Lipinski definition) is 2. The van der Waals surface area contributed by atoms with E-state index in [1.54, 1.807) is 0 Å². The molecular formula is C13H25N3O2. The number of carbonyl (C=O) groups is 1. The Morgan fingerprint density at radius 3 is 3.00 bits per heavy atom. The van der Waals surface area contributed by atoms with Gasteiger partial charge in [-0.1, -0.05) is 0 Å². The second-order valence-corrected chi connectivity index (χ2v) is 5.54. The molecule has 3 atom stereocenters. The van der Waals surface area contributed by atoms with Gasteiger partial charge in [0, 0.05) is 31.8 Å². The average molecular weight is 255 g/mol. The Kier molecular flexibility index (Phi) is 4.97. The fourth-order valence-electron chi connectivity index (χ4n) is 2.77. The van der Waals surface area contributed by atoms with Crippen LogP contribution in [-0.2, 0) is 9.53 Å². The number of nitrogens with zero attached hydrogens (tertiary/aromatic N) is 1. The summed E-state index contributed by atoms with van der Waals surface area (Å²) in [5.41, 5.74) is 5.92. The van der Waals surface area contributed by atoms with E-state index in [0.717, 1.165) is 38.8 Å². The molecule has 2 aliphatic rings. The van der Waals surface area contributed by atoms with Gasteiger partial charge in [0.15, 0.2) is 0 Å². The number of likely N-dealkylation sites (tertiary alicyclic amines) is 1. The molecule has 0 aromatic heterocycles. The van der Waals surface area contributed by atoms with Gasteiger partial charge in [0.25, 0.3) is 0 Å². The van der Waals surface area contributed by atoms with Crippen molar-refractivity contribution in [2.75, 3.05) is 26.2 Å². The first-order valence-corrected chi connectivity index (χ1v) is 7.03. The van der Waals surface area contributed by atoms with E-state index in [-0.39, 0.29) is 12.0 Å². The summed E-state index contributed by atoms with van der Waals surface area (Å²) >= 11 is 0. The maximum Gasteiger partial charge on any atom is 0.234 e. The molecule has 0 radical (unpaired) electrons. The summed E-state index contributed by atoms with van der Waals surface area (Å²) in [6, 6.07) is 0.702. The number of hydrogen-bond acceptors (Lipinski definition) is 4. The van der Waals surface area contributed by atoms with Crippen molar-refractivity contribution in [2.24, 2.45) is 5.73 Å². The molecule has 0 aliphatic carbocycles. The molecule has 5 heteroatoms. The number of rotatable bonds is 4. The van der Waals surface area contributed by atoms with E-state index in [2.05, 4.69) is 17.1 Å². The van der Waals surface area contributed by atoms with Crippen molar-refractivity contribution in [3.8, 4) is 0 Å². The number of piperidine rings is 1. The van der Waals surface area contributed by atoms with Crippen molar-refractivity contribution < 1.29 is 9.53 Å². The Morgan fingerprint density at radius 1 is 1.50 bits per heavy atom. The quantitative estimate of drug-likeness (QED) is 0.747. The Bertz CT molecular complexity index is 279. The molecule has 0 spiro atoms. The van der Waals surface area contributed by atoms with Gasteiger partial charge >= 0.3 is 0 Å². The molecule has 0 aromatic carbocycles. The molecule has 3 unspecified atom stereocenters. The normalized spacial score (nSPS) is 33.6. The maximum atomic E-state index is 11.9. The van der Waals surface area contributed by atoms with E-state index in [4.69, 9.17) is 10.5 Å². The molecule has 18 heavy (non-hydrogen) atoms. The van der Waals surface area contributed by atoms with Gasteiger partial charge in [-0.05, 0) is 32.6 Å². The van der Waals surface area contributed by atoms with E-state index in [1.807, 2.05) is 0 Å². The first-order valence-electron chi connectivity index (χ1n) is 7.03. The van der Waals surface area contributed by atoms with Crippen LogP contribution in [0, 0.1) is 0 Å². The summed E-state index contributed by atoms with van der Waals surface area (Å²) < 4.78 is 5.48. The molecule has 0 aromatic rings. The summed E-state index contributed by atoms with van der Waals surface area (Å²) in [6.07, 6.45) is 4.38. The van der Waals surface area contributed by atoms with Gasteiger partial charge in [-0.3, -0.25) is 9.69 Å². The summed E-state index contributed by atoms with van der Waals surface area (Å²) in [7, 11) is 0. The number of nitrogens with two attached hydrogens (primary N) is 1. The molecule has 0 bridgehead atoms. The van der Waals surface area contributed by atoms with Crippen molar-refractivity contribution >= 4 is 5.91 Å². The zero-order chi connectivity index (χ0) is 13.0. The monoisotopic (exact) mass is 255 g/mol. The fraction of sp³-hybridized carbons (Fsp3) is 0.923. The SMILES string of the molecule is CC1CC(N)CCN1CC(=O)NCC1CCCO1. The summed E-state index contributed by atoms with van der Waals surface area (Å²) in [5, 5.41) is 2.97. The maximum absolute atomic E-state index is 11.9. The first-order chi connectivity index (χ1) is 8.65. The minimum Gasteiger partial charge on any atom is -0.376 e. The molecule has 2 heterocycles. The van der Waals surface area contributed by atoms with E-state index in [9.17, 15) is 4.79 Å². The van der Waals surface area contributed by atoms with Crippen LogP contribution in [0.2, 0.25) is 0 Å². The summed E-state index contributed by atoms with van der Waals surface area (Å²) in [6.45, 7) is 5.05. The first kappa shape index (κ1) is 13.8. The fourth-order valence-corrected chi connectivity index (χ4v) is 2.77. The third-order valence-corrected chi connectivity index (χ3v) is 3.95. The predicted molar refractivity (Wildman–Crippen MR) is 70.2 cm³/mol. The zero-order valence-electron chi connectivity index (χ0n) is 11.2. The Balaban J connectivity index is 1.66. The third kappa shape index (κ3) is 3.93. The minimum atomic E-state index is 0.104. The highest BCUT2D eigenvalue weighted by Crippen LogP contribution is 2.15. The van der Waals surface area contributed by atoms with Crippen LogP contribution in [0.5, 0.6) is 0 Å². The van der Waals surface area contributed by atoms with Crippen molar-refractivity contribution in [1.82, 2.24) is 10.2 Å². The highest BCUT2D eigenvalue weighted by Gasteiger charge is 2.25. The highest BCUT2D eigenvalue weighted by molar-refractivity contribution is 5.78. The van der Waals surface area contributed by atoms with E-state index in [0.29, 0.717) is 25.2 Å². The smallest absolute Gasteiger partial charge is 0.234 e. The van der Waals surface area contributed by atoms with Gasteiger partial charge in [0.1, 0.15) is 0 Å². The van der Waals surface area contributed by atoms with Gasteiger partial charge in [-0.15, -0.1) is 0 Å². The molecule has 1 amide bonds. The second kappa shape index (κ2) is 6.50. The van der Waals surface area contributed by atoms with Gasteiger partial charge in [0.2, 0.25) is 5.91 Å². The van der Waals surface area contributed by atoms with Crippen LogP contribution in [0.3, 0.4) is 0 Å². The number of ether oxygens (including phenoxy) is 1. The molecule has 2 fully saturated rings. The van der Waals surface area contributed by atoms with Crippen molar-refractivity contribution in [3.63, 3.8) is 0 Å². The lowest BCUT2D eigenvalue weighted by Gasteiger charge is -2.35. The molecule has 2 aliphatic heterocycles. The number of carbonyl (C=O) groups excluding carboxylic acids is 1. The standard InChI is InChI=1S/C13H25N3O2/c1-10-7-11(14)4-5-16(10)9-13(17)15-8-12-3-2-6-18-12/h10-12H,2-9,14H2,1H3,(H,15,17). The minimum absolute atomic E-state index is 0.104. The van der Waals surface area contributed by atoms with E-state index < -0.39 is 0 Å². The molecule has 0 saturated carbocycles. The largest absolute Gasteiger partial charge is 0.376 e. The molecule has 2 saturated heterocycles. The average Bonchev–Trinajstić information content (AvgIpc) is 2.83. The summed E-state index contributed by atoms with van der Waals surface area (Å²) in [5.74, 6) is 0.104. The van der Waals surface area contributed by atoms with Crippen LogP contribution in [-0.4, -0.2) is 55.2 Å². The van der Waals surface area contributed by atoms with E-state index in [1.165, 1.54) is 0 Å². The lowest BCUT2D eigenvalue weighted by atomic mass is 9.99. The van der Waals surface area contributed by atoms with Crippen molar-refractivity contribution in [2.45, 2.75) is 50.8 Å². The van der Waals surface area contributed by atoms with Gasteiger partial charge in [0.05, 0.1) is 12.6 Å². The Hall–Kier alpha value is -0.650. The van der Waals surface area contributed by atoms with Crippen molar-refractivity contribution in [3.05, 3.63) is 0 Å². The second-order valence-electron chi connectivity index (χ2n) is 5.54. The van der Waals surface area contributed by atoms with Crippen LogP contribution in [0.15, 0.2) is 0 Å². The molecule has 104 valence electrons. The van der Waals surface area contributed by atoms with Gasteiger partial charge in [-0.25, -0.2) is 0 Å². The van der Waals surface area contributed by atoms with E-state index >= 15 is 0 Å². The Morgan fingerprint density at radius 2 is 2.33 bits per heavy atom. The molecule has 3 N–H and O–H groups in total. The van der Waals surface area contributed by atoms with Crippen LogP contribution in [0.4, 0.5) is 0 Å². The summed E-state index contributed by atoms with van der Waals surface area (Å²) in [4.78, 5) is 14.1. The topological polar surface area (TPSA) is 67.6 Å². The van der Waals surface area contributed by atoms with Crippen LogP contribution >= 0.6 is 0 Å².